The van der Waals surface area contributed by atoms with Gasteiger partial charge in [0.25, 0.3) is 0 Å². The Morgan fingerprint density at radius 3 is 2.94 bits per heavy atom. The molecule has 1 N–H and O–H groups in total. The molecular formula is C9H9F2N2O2Po. The molecule has 0 saturated carbocycles. The van der Waals surface area contributed by atoms with Crippen LogP contribution in [0.3, 0.4) is 0 Å². The van der Waals surface area contributed by atoms with Gasteiger partial charge in [-0.05, 0) is 0 Å². The van der Waals surface area contributed by atoms with Crippen molar-refractivity contribution >= 4 is 31.0 Å². The summed E-state index contributed by atoms with van der Waals surface area (Å²) in [5.41, 5.74) is -0.0672. The van der Waals surface area contributed by atoms with E-state index in [2.05, 4.69) is 4.98 Å². The summed E-state index contributed by atoms with van der Waals surface area (Å²) in [4.78, 5) is 14.5. The van der Waals surface area contributed by atoms with Crippen LogP contribution in [0.25, 0.3) is 0 Å². The van der Waals surface area contributed by atoms with Crippen LogP contribution >= 0.6 is 0 Å². The van der Waals surface area contributed by atoms with Gasteiger partial charge in [-0.1, -0.05) is 0 Å². The molecule has 1 aliphatic heterocycles. The second-order valence-corrected chi connectivity index (χ2v) is 5.91. The summed E-state index contributed by atoms with van der Waals surface area (Å²) in [7, 11) is 0. The van der Waals surface area contributed by atoms with E-state index in [9.17, 15) is 13.6 Å². The van der Waals surface area contributed by atoms with Gasteiger partial charge in [0.15, 0.2) is 0 Å². The van der Waals surface area contributed by atoms with Gasteiger partial charge in [0.05, 0.1) is 0 Å². The van der Waals surface area contributed by atoms with E-state index >= 15 is 0 Å². The van der Waals surface area contributed by atoms with Gasteiger partial charge in [-0.25, -0.2) is 0 Å². The molecule has 1 atom stereocenters. The summed E-state index contributed by atoms with van der Waals surface area (Å²) in [6.45, 7) is 0.420. The first-order chi connectivity index (χ1) is 7.38. The number of hydrogen-bond donors (Lipinski definition) is 1. The molecule has 0 amide bonds. The molecule has 1 aromatic heterocycles. The zero-order valence-corrected chi connectivity index (χ0v) is 11.4. The van der Waals surface area contributed by atoms with Crippen molar-refractivity contribution in [3.8, 4) is 0 Å². The number of nitrogens with zero attached hydrogens (tertiary/aromatic N) is 2. The number of alkyl halides is 2. The fourth-order valence-electron chi connectivity index (χ4n) is 1.82. The van der Waals surface area contributed by atoms with Crippen molar-refractivity contribution in [2.75, 3.05) is 0 Å². The molecule has 0 aliphatic carbocycles. The van der Waals surface area contributed by atoms with Crippen LogP contribution in [-0.4, -0.2) is 49.3 Å². The first-order valence-electron chi connectivity index (χ1n) is 4.75. The predicted molar refractivity (Wildman–Crippen MR) is 51.7 cm³/mol. The summed E-state index contributed by atoms with van der Waals surface area (Å²) in [6, 6.07) is 0. The van der Waals surface area contributed by atoms with Crippen molar-refractivity contribution in [2.24, 2.45) is 5.92 Å². The second kappa shape index (κ2) is 4.03. The minimum atomic E-state index is -2.65. The summed E-state index contributed by atoms with van der Waals surface area (Å²) in [5, 5.41) is 8.74. The summed E-state index contributed by atoms with van der Waals surface area (Å²) < 4.78 is 25.3. The van der Waals surface area contributed by atoms with Gasteiger partial charge in [0.2, 0.25) is 0 Å². The quantitative estimate of drug-likeness (QED) is 0.768. The van der Waals surface area contributed by atoms with Crippen LogP contribution in [0.4, 0.5) is 8.78 Å². The van der Waals surface area contributed by atoms with Gasteiger partial charge in [-0.3, -0.25) is 0 Å². The SMILES string of the molecule is O=C(O)c1cn2c(n1)CC([C](F)(F)[Po])CC2. The number of imidazole rings is 1. The Labute approximate surface area is 106 Å². The van der Waals surface area contributed by atoms with E-state index in [4.69, 9.17) is 5.11 Å². The second-order valence-electron chi connectivity index (χ2n) is 3.79. The van der Waals surface area contributed by atoms with Crippen LogP contribution in [0, 0.1) is 5.92 Å². The number of halogens is 2. The number of aryl methyl sites for hydroxylation is 1. The first-order valence-corrected chi connectivity index (χ1v) is 6.34. The fraction of sp³-hybridized carbons (Fsp3) is 0.556. The Morgan fingerprint density at radius 1 is 1.69 bits per heavy atom. The first kappa shape index (κ1) is 11.9. The van der Waals surface area contributed by atoms with E-state index in [1.54, 1.807) is 4.57 Å². The maximum atomic E-state index is 13.2. The molecule has 1 unspecified atom stereocenters. The maximum absolute atomic E-state index is 13.2. The van der Waals surface area contributed by atoms with E-state index in [0.717, 1.165) is 0 Å². The Kier molecular flexibility index (Phi) is 3.00. The molecule has 16 heavy (non-hydrogen) atoms. The number of carbonyl (C=O) groups is 1. The van der Waals surface area contributed by atoms with Crippen LogP contribution in [0.15, 0.2) is 6.20 Å². The molecular weight excluding hydrogens is 415 g/mol. The van der Waals surface area contributed by atoms with E-state index < -0.39 is 15.5 Å². The summed E-state index contributed by atoms with van der Waals surface area (Å²) in [6.07, 6.45) is 1.94. The van der Waals surface area contributed by atoms with Crippen molar-refractivity contribution < 1.29 is 18.7 Å². The molecule has 0 bridgehead atoms. The molecule has 4 nitrogen and oxygen atoms in total. The van der Waals surface area contributed by atoms with Crippen LogP contribution in [0.5, 0.6) is 0 Å². The zero-order valence-electron chi connectivity index (χ0n) is 8.19. The minimum absolute atomic E-state index is 0.0672. The van der Waals surface area contributed by atoms with Crippen molar-refractivity contribution in [2.45, 2.75) is 23.0 Å². The predicted octanol–water partition coefficient (Wildman–Crippen LogP) is 0.905. The Hall–Kier alpha value is -0.564. The number of fused-ring (bicyclic) bond motifs is 1. The molecule has 87 valence electrons. The van der Waals surface area contributed by atoms with Crippen LogP contribution in [0.2, 0.25) is 0 Å². The number of rotatable bonds is 2. The van der Waals surface area contributed by atoms with Gasteiger partial charge in [-0.2, -0.15) is 0 Å². The Bertz CT molecular complexity index is 428. The third kappa shape index (κ3) is 2.24. The zero-order chi connectivity index (χ0) is 11.9. The number of aromatic carboxylic acids is 1. The fourth-order valence-corrected chi connectivity index (χ4v) is 2.60. The molecule has 1 aromatic rings. The van der Waals surface area contributed by atoms with Crippen LogP contribution in [0.1, 0.15) is 22.7 Å². The topological polar surface area (TPSA) is 55.1 Å². The summed E-state index contributed by atoms with van der Waals surface area (Å²) >= 11 is 0.256. The van der Waals surface area contributed by atoms with E-state index in [-0.39, 0.29) is 37.2 Å². The third-order valence-electron chi connectivity index (χ3n) is 2.70. The molecule has 1 radical (unpaired) electrons. The average molecular weight is 424 g/mol. The molecule has 0 fully saturated rings. The third-order valence-corrected chi connectivity index (χ3v) is 4.00. The van der Waals surface area contributed by atoms with Crippen LogP contribution < -0.4 is 0 Å². The molecule has 2 rings (SSSR count). The van der Waals surface area contributed by atoms with Crippen LogP contribution in [-0.2, 0) is 13.0 Å². The Balaban J connectivity index is 2.24. The number of aromatic nitrogens is 2. The number of carboxylic acid groups (broad SMARTS) is 1. The van der Waals surface area contributed by atoms with E-state index in [0.29, 0.717) is 18.8 Å². The normalized spacial score (nSPS) is 20.6. The van der Waals surface area contributed by atoms with Gasteiger partial charge < -0.3 is 0 Å². The monoisotopic (exact) mass is 424 g/mol. The summed E-state index contributed by atoms with van der Waals surface area (Å²) in [5.74, 6) is -1.37. The molecule has 7 heteroatoms. The van der Waals surface area contributed by atoms with Gasteiger partial charge in [0, 0.05) is 0 Å². The van der Waals surface area contributed by atoms with Crippen molar-refractivity contribution in [3.05, 3.63) is 17.7 Å². The van der Waals surface area contributed by atoms with Gasteiger partial charge >= 0.3 is 106 Å². The average Bonchev–Trinajstić information content (AvgIpc) is 2.58. The molecule has 0 spiro atoms. The molecule has 2 heterocycles. The molecule has 0 aromatic carbocycles. The number of carboxylic acids is 1. The van der Waals surface area contributed by atoms with Gasteiger partial charge in [0.1, 0.15) is 0 Å². The van der Waals surface area contributed by atoms with Crippen molar-refractivity contribution in [1.82, 2.24) is 9.55 Å². The molecule has 1 aliphatic rings. The van der Waals surface area contributed by atoms with Crippen molar-refractivity contribution in [1.29, 1.82) is 0 Å². The van der Waals surface area contributed by atoms with E-state index in [1.165, 1.54) is 6.20 Å². The number of hydrogen-bond acceptors (Lipinski definition) is 2. The standard InChI is InChI=1S/C9H9F2N2O2.Po/c10-8(11)5-1-2-13-4-6(9(14)15)12-7(13)3-5;/h4-5H,1-3H2,(H,14,15);. The van der Waals surface area contributed by atoms with E-state index in [1.807, 2.05) is 0 Å². The Morgan fingerprint density at radius 2 is 2.38 bits per heavy atom. The van der Waals surface area contributed by atoms with Gasteiger partial charge in [-0.15, -0.1) is 0 Å². The van der Waals surface area contributed by atoms with Crippen molar-refractivity contribution in [3.63, 3.8) is 0 Å². The molecule has 0 saturated heterocycles.